The number of hydrogen-bond acceptors (Lipinski definition) is 4. The van der Waals surface area contributed by atoms with Gasteiger partial charge < -0.3 is 15.3 Å². The summed E-state index contributed by atoms with van der Waals surface area (Å²) in [6, 6.07) is 10.9. The molecule has 0 spiro atoms. The van der Waals surface area contributed by atoms with Crippen LogP contribution in [-0.4, -0.2) is 45.5 Å². The fraction of sp³-hybridized carbons (Fsp3) is 0.250. The maximum absolute atomic E-state index is 12.8. The van der Waals surface area contributed by atoms with E-state index >= 15 is 0 Å². The van der Waals surface area contributed by atoms with E-state index in [1.165, 1.54) is 34.9 Å². The number of carbonyl (C=O) groups is 3. The van der Waals surface area contributed by atoms with Gasteiger partial charge in [-0.2, -0.15) is 0 Å². The van der Waals surface area contributed by atoms with Gasteiger partial charge in [-0.25, -0.2) is 4.79 Å². The molecule has 0 aromatic heterocycles. The van der Waals surface area contributed by atoms with E-state index in [1.807, 2.05) is 32.0 Å². The standard InChI is InChI=1S/C20H20N2O4S/c1-12-6-7-16(8-13(12)2)21-18(23)17-10-27-11-22(17)19(24)14-4-3-5-15(9-14)20(25)26/h3-9,17H,10-11H2,1-2H3,(H,21,23)(H,25,26). The number of thioether (sulfide) groups is 1. The fourth-order valence-electron chi connectivity index (χ4n) is 2.86. The molecule has 0 saturated carbocycles. The molecule has 0 radical (unpaired) electrons. The van der Waals surface area contributed by atoms with Gasteiger partial charge >= 0.3 is 5.97 Å². The van der Waals surface area contributed by atoms with Gasteiger partial charge in [-0.3, -0.25) is 9.59 Å². The molecule has 1 saturated heterocycles. The third-order valence-electron chi connectivity index (χ3n) is 4.58. The third kappa shape index (κ3) is 4.14. The highest BCUT2D eigenvalue weighted by molar-refractivity contribution is 7.99. The predicted molar refractivity (Wildman–Crippen MR) is 105 cm³/mol. The number of hydrogen-bond donors (Lipinski definition) is 2. The summed E-state index contributed by atoms with van der Waals surface area (Å²) in [5.41, 5.74) is 3.22. The van der Waals surface area contributed by atoms with Gasteiger partial charge in [0.15, 0.2) is 0 Å². The second-order valence-corrected chi connectivity index (χ2v) is 7.46. The molecule has 3 rings (SSSR count). The van der Waals surface area contributed by atoms with E-state index in [-0.39, 0.29) is 22.9 Å². The normalized spacial score (nSPS) is 16.2. The Kier molecular flexibility index (Phi) is 5.51. The number of anilines is 1. The first kappa shape index (κ1) is 19.0. The quantitative estimate of drug-likeness (QED) is 0.846. The first-order chi connectivity index (χ1) is 12.9. The first-order valence-electron chi connectivity index (χ1n) is 8.47. The van der Waals surface area contributed by atoms with Crippen LogP contribution in [0.2, 0.25) is 0 Å². The van der Waals surface area contributed by atoms with Gasteiger partial charge in [0.25, 0.3) is 5.91 Å². The van der Waals surface area contributed by atoms with Crippen molar-refractivity contribution >= 4 is 35.2 Å². The third-order valence-corrected chi connectivity index (χ3v) is 5.59. The summed E-state index contributed by atoms with van der Waals surface area (Å²) in [5.74, 6) is -0.791. The highest BCUT2D eigenvalue weighted by atomic mass is 32.2. The number of amides is 2. The van der Waals surface area contributed by atoms with Crippen LogP contribution in [0.25, 0.3) is 0 Å². The average Bonchev–Trinajstić information content (AvgIpc) is 3.14. The van der Waals surface area contributed by atoms with Crippen LogP contribution in [0.1, 0.15) is 31.8 Å². The van der Waals surface area contributed by atoms with Crippen molar-refractivity contribution in [2.75, 3.05) is 16.9 Å². The topological polar surface area (TPSA) is 86.7 Å². The lowest BCUT2D eigenvalue weighted by Gasteiger charge is -2.23. The van der Waals surface area contributed by atoms with Crippen LogP contribution in [0.3, 0.4) is 0 Å². The van der Waals surface area contributed by atoms with E-state index in [9.17, 15) is 14.4 Å². The van der Waals surface area contributed by atoms with Crippen molar-refractivity contribution in [2.24, 2.45) is 0 Å². The Hall–Kier alpha value is -2.80. The van der Waals surface area contributed by atoms with Crippen molar-refractivity contribution in [3.8, 4) is 0 Å². The van der Waals surface area contributed by atoms with Gasteiger partial charge in [-0.05, 0) is 55.3 Å². The van der Waals surface area contributed by atoms with E-state index in [4.69, 9.17) is 5.11 Å². The fourth-order valence-corrected chi connectivity index (χ4v) is 4.01. The highest BCUT2D eigenvalue weighted by Gasteiger charge is 2.35. The molecule has 1 aliphatic rings. The number of carboxylic acids is 1. The molecule has 0 aliphatic carbocycles. The number of benzene rings is 2. The van der Waals surface area contributed by atoms with E-state index in [0.29, 0.717) is 17.3 Å². The Bertz CT molecular complexity index is 913. The zero-order valence-electron chi connectivity index (χ0n) is 15.1. The lowest BCUT2D eigenvalue weighted by molar-refractivity contribution is -0.119. The largest absolute Gasteiger partial charge is 0.478 e. The van der Waals surface area contributed by atoms with Gasteiger partial charge in [0.05, 0.1) is 11.4 Å². The second kappa shape index (κ2) is 7.84. The molecule has 27 heavy (non-hydrogen) atoms. The van der Waals surface area contributed by atoms with E-state index < -0.39 is 12.0 Å². The predicted octanol–water partition coefficient (Wildman–Crippen LogP) is 3.16. The van der Waals surface area contributed by atoms with Gasteiger partial charge in [0, 0.05) is 17.0 Å². The Morgan fingerprint density at radius 3 is 2.52 bits per heavy atom. The zero-order chi connectivity index (χ0) is 19.6. The average molecular weight is 384 g/mol. The van der Waals surface area contributed by atoms with Crippen molar-refractivity contribution in [1.29, 1.82) is 0 Å². The van der Waals surface area contributed by atoms with E-state index in [2.05, 4.69) is 5.32 Å². The maximum atomic E-state index is 12.8. The monoisotopic (exact) mass is 384 g/mol. The number of carboxylic acid groups (broad SMARTS) is 1. The number of aromatic carboxylic acids is 1. The van der Waals surface area contributed by atoms with Gasteiger partial charge in [-0.1, -0.05) is 12.1 Å². The zero-order valence-corrected chi connectivity index (χ0v) is 15.9. The molecule has 2 amide bonds. The molecule has 1 heterocycles. The molecule has 1 unspecified atom stereocenters. The lowest BCUT2D eigenvalue weighted by Crippen LogP contribution is -2.44. The molecule has 1 atom stereocenters. The molecule has 2 aromatic rings. The summed E-state index contributed by atoms with van der Waals surface area (Å²) in [6.45, 7) is 3.97. The van der Waals surface area contributed by atoms with Gasteiger partial charge in [-0.15, -0.1) is 11.8 Å². The number of nitrogens with one attached hydrogen (secondary N) is 1. The summed E-state index contributed by atoms with van der Waals surface area (Å²) >= 11 is 1.50. The summed E-state index contributed by atoms with van der Waals surface area (Å²) in [6.07, 6.45) is 0. The van der Waals surface area contributed by atoms with Crippen molar-refractivity contribution in [3.05, 3.63) is 64.7 Å². The molecular formula is C20H20N2O4S. The maximum Gasteiger partial charge on any atom is 0.335 e. The summed E-state index contributed by atoms with van der Waals surface area (Å²) in [5, 5.41) is 12.0. The molecule has 2 N–H and O–H groups in total. The Balaban J connectivity index is 1.77. The molecule has 140 valence electrons. The number of rotatable bonds is 4. The van der Waals surface area contributed by atoms with E-state index in [1.54, 1.807) is 6.07 Å². The van der Waals surface area contributed by atoms with Crippen molar-refractivity contribution in [1.82, 2.24) is 4.90 Å². The summed E-state index contributed by atoms with van der Waals surface area (Å²) in [4.78, 5) is 38.2. The van der Waals surface area contributed by atoms with Gasteiger partial charge in [0.2, 0.25) is 5.91 Å². The molecule has 7 heteroatoms. The number of nitrogens with zero attached hydrogens (tertiary/aromatic N) is 1. The van der Waals surface area contributed by atoms with Gasteiger partial charge in [0.1, 0.15) is 6.04 Å². The first-order valence-corrected chi connectivity index (χ1v) is 9.62. The van der Waals surface area contributed by atoms with Crippen LogP contribution < -0.4 is 5.32 Å². The molecule has 1 fully saturated rings. The molecular weight excluding hydrogens is 364 g/mol. The summed E-state index contributed by atoms with van der Waals surface area (Å²) < 4.78 is 0. The Labute approximate surface area is 161 Å². The summed E-state index contributed by atoms with van der Waals surface area (Å²) in [7, 11) is 0. The van der Waals surface area contributed by atoms with E-state index in [0.717, 1.165) is 11.1 Å². The minimum Gasteiger partial charge on any atom is -0.478 e. The van der Waals surface area contributed by atoms with Crippen LogP contribution in [0.15, 0.2) is 42.5 Å². The molecule has 2 aromatic carbocycles. The van der Waals surface area contributed by atoms with Crippen LogP contribution in [0, 0.1) is 13.8 Å². The van der Waals surface area contributed by atoms with Crippen molar-refractivity contribution in [3.63, 3.8) is 0 Å². The molecule has 1 aliphatic heterocycles. The smallest absolute Gasteiger partial charge is 0.335 e. The molecule has 6 nitrogen and oxygen atoms in total. The van der Waals surface area contributed by atoms with Crippen LogP contribution in [-0.2, 0) is 4.79 Å². The SMILES string of the molecule is Cc1ccc(NC(=O)C2CSCN2C(=O)c2cccc(C(=O)O)c2)cc1C. The van der Waals surface area contributed by atoms with Crippen LogP contribution >= 0.6 is 11.8 Å². The van der Waals surface area contributed by atoms with Crippen molar-refractivity contribution < 1.29 is 19.5 Å². The minimum absolute atomic E-state index is 0.0452. The number of carbonyl (C=O) groups excluding carboxylic acids is 2. The van der Waals surface area contributed by atoms with Crippen LogP contribution in [0.5, 0.6) is 0 Å². The second-order valence-electron chi connectivity index (χ2n) is 6.46. The number of aryl methyl sites for hydroxylation is 2. The van der Waals surface area contributed by atoms with Crippen LogP contribution in [0.4, 0.5) is 5.69 Å². The Morgan fingerprint density at radius 1 is 1.07 bits per heavy atom. The minimum atomic E-state index is -1.09. The molecule has 0 bridgehead atoms. The Morgan fingerprint density at radius 2 is 1.81 bits per heavy atom. The van der Waals surface area contributed by atoms with Crippen molar-refractivity contribution in [2.45, 2.75) is 19.9 Å². The highest BCUT2D eigenvalue weighted by Crippen LogP contribution is 2.25. The lowest BCUT2D eigenvalue weighted by atomic mass is 10.1.